The van der Waals surface area contributed by atoms with Gasteiger partial charge in [0.2, 0.25) is 0 Å². The Balaban J connectivity index is 3.80. The molecule has 0 aliphatic heterocycles. The van der Waals surface area contributed by atoms with Gasteiger partial charge < -0.3 is 20.1 Å². The largest absolute Gasteiger partial charge is 0.472 e. The average molecular weight is 1230 g/mol. The van der Waals surface area contributed by atoms with Crippen LogP contribution in [0.3, 0.4) is 0 Å². The quantitative estimate of drug-likeness (QED) is 0.0264. The minimum Gasteiger partial charge on any atom is -0.462 e. The van der Waals surface area contributed by atoms with Gasteiger partial charge in [-0.2, -0.15) is 0 Å². The molecule has 0 aliphatic rings. The summed E-state index contributed by atoms with van der Waals surface area (Å²) in [5.74, 6) is -0.806. The van der Waals surface area contributed by atoms with Crippen LogP contribution in [0, 0.1) is 0 Å². The second-order valence-corrected chi connectivity index (χ2v) is 26.2. The van der Waals surface area contributed by atoms with E-state index in [2.05, 4.69) is 86.8 Å². The number of hydrogen-bond donors (Lipinski definition) is 2. The number of phosphoric ester groups is 1. The SMILES string of the molecule is CC/C=C\C/C=C\C/C=C\C/C=C\C/C=C\C/C=C\CCCCCCCCCCCCCCCCCCCCCCC(=O)OC(COC(=O)CCCCCCCCCCCCCCCCCCCCCCCCCCCC)COP(=O)(O)OCCN. The number of unbranched alkanes of at least 4 members (excludes halogenated alkanes) is 45. The van der Waals surface area contributed by atoms with Crippen molar-refractivity contribution in [3.05, 3.63) is 72.9 Å². The van der Waals surface area contributed by atoms with Gasteiger partial charge >= 0.3 is 19.8 Å². The van der Waals surface area contributed by atoms with Gasteiger partial charge in [0.1, 0.15) is 6.61 Å². The van der Waals surface area contributed by atoms with Crippen molar-refractivity contribution in [3.8, 4) is 0 Å². The van der Waals surface area contributed by atoms with E-state index in [9.17, 15) is 19.0 Å². The summed E-state index contributed by atoms with van der Waals surface area (Å²) >= 11 is 0. The summed E-state index contributed by atoms with van der Waals surface area (Å²) in [4.78, 5) is 35.4. The second kappa shape index (κ2) is 71.5. The lowest BCUT2D eigenvalue weighted by Crippen LogP contribution is -2.29. The van der Waals surface area contributed by atoms with Crippen LogP contribution in [0.2, 0.25) is 0 Å². The first-order valence-electron chi connectivity index (χ1n) is 36.9. The lowest BCUT2D eigenvalue weighted by Gasteiger charge is -2.19. The number of rotatable bonds is 70. The molecule has 0 fully saturated rings. The predicted molar refractivity (Wildman–Crippen MR) is 372 cm³/mol. The van der Waals surface area contributed by atoms with Crippen molar-refractivity contribution >= 4 is 19.8 Å². The Morgan fingerprint density at radius 2 is 0.640 bits per heavy atom. The number of hydrogen-bond acceptors (Lipinski definition) is 8. The monoisotopic (exact) mass is 1230 g/mol. The Hall–Kier alpha value is -2.55. The molecule has 0 bridgehead atoms. The molecule has 0 saturated heterocycles. The maximum Gasteiger partial charge on any atom is 0.472 e. The van der Waals surface area contributed by atoms with E-state index >= 15 is 0 Å². The highest BCUT2D eigenvalue weighted by molar-refractivity contribution is 7.47. The van der Waals surface area contributed by atoms with Crippen molar-refractivity contribution in [2.45, 2.75) is 373 Å². The van der Waals surface area contributed by atoms with Crippen LogP contribution >= 0.6 is 7.82 Å². The lowest BCUT2D eigenvalue weighted by molar-refractivity contribution is -0.161. The van der Waals surface area contributed by atoms with E-state index in [0.29, 0.717) is 6.42 Å². The fourth-order valence-electron chi connectivity index (χ4n) is 10.9. The topological polar surface area (TPSA) is 134 Å². The summed E-state index contributed by atoms with van der Waals surface area (Å²) < 4.78 is 33.2. The third-order valence-corrected chi connectivity index (χ3v) is 17.3. The third-order valence-electron chi connectivity index (χ3n) is 16.4. The van der Waals surface area contributed by atoms with Gasteiger partial charge in [-0.15, -0.1) is 0 Å². The highest BCUT2D eigenvalue weighted by Crippen LogP contribution is 2.43. The standard InChI is InChI=1S/C76H140NO8P/c1-3-5-7-9-11-13-15-17-19-21-23-25-27-29-31-32-33-34-35-36-37-38-39-40-41-42-43-45-47-49-51-53-55-57-59-61-63-65-67-69-76(79)85-74(73-84-86(80,81)83-71-70-77)72-82-75(78)68-66-64-62-60-58-56-54-52-50-48-46-44-30-28-26-24-22-20-18-16-14-12-10-8-6-4-2/h5,7,11,13,17,19,23,25,29,31,33-34,74H,3-4,6,8-10,12,14-16,18,20-22,24,26-28,30,32,35-73,77H2,1-2H3,(H,80,81)/b7-5-,13-11-,19-17-,25-23-,31-29-,34-33-. The second-order valence-electron chi connectivity index (χ2n) is 24.8. The molecule has 0 heterocycles. The van der Waals surface area contributed by atoms with E-state index in [4.69, 9.17) is 24.3 Å². The highest BCUT2D eigenvalue weighted by atomic mass is 31.2. The van der Waals surface area contributed by atoms with Crippen molar-refractivity contribution in [2.24, 2.45) is 5.73 Å². The van der Waals surface area contributed by atoms with Crippen molar-refractivity contribution in [1.29, 1.82) is 0 Å². The molecule has 0 aromatic heterocycles. The molecule has 502 valence electrons. The van der Waals surface area contributed by atoms with Crippen LogP contribution < -0.4 is 5.73 Å². The number of allylic oxidation sites excluding steroid dienone is 12. The first-order chi connectivity index (χ1) is 42.3. The van der Waals surface area contributed by atoms with E-state index in [0.717, 1.165) is 70.6 Å². The first-order valence-corrected chi connectivity index (χ1v) is 38.4. The van der Waals surface area contributed by atoms with Crippen LogP contribution in [0.4, 0.5) is 0 Å². The van der Waals surface area contributed by atoms with Gasteiger partial charge in [0, 0.05) is 19.4 Å². The van der Waals surface area contributed by atoms with E-state index in [1.54, 1.807) is 0 Å². The lowest BCUT2D eigenvalue weighted by atomic mass is 10.0. The van der Waals surface area contributed by atoms with E-state index in [1.807, 2.05) is 0 Å². The molecule has 0 spiro atoms. The van der Waals surface area contributed by atoms with Gasteiger partial charge in [0.25, 0.3) is 0 Å². The number of phosphoric acid groups is 1. The molecule has 86 heavy (non-hydrogen) atoms. The van der Waals surface area contributed by atoms with Crippen LogP contribution in [0.25, 0.3) is 0 Å². The molecule has 3 N–H and O–H groups in total. The fourth-order valence-corrected chi connectivity index (χ4v) is 11.7. The Morgan fingerprint density at radius 1 is 0.360 bits per heavy atom. The molecule has 0 aliphatic carbocycles. The van der Waals surface area contributed by atoms with Gasteiger partial charge in [-0.25, -0.2) is 4.57 Å². The summed E-state index contributed by atoms with van der Waals surface area (Å²) in [5.41, 5.74) is 5.41. The number of esters is 2. The van der Waals surface area contributed by atoms with Crippen LogP contribution in [-0.4, -0.2) is 49.3 Å². The third kappa shape index (κ3) is 70.5. The van der Waals surface area contributed by atoms with Crippen LogP contribution in [0.15, 0.2) is 72.9 Å². The molecule has 0 amide bonds. The molecule has 9 nitrogen and oxygen atoms in total. The summed E-state index contributed by atoms with van der Waals surface area (Å²) in [5, 5.41) is 0. The number of carbonyl (C=O) groups is 2. The average Bonchev–Trinajstić information content (AvgIpc) is 3.55. The zero-order valence-corrected chi connectivity index (χ0v) is 57.4. The molecule has 0 rings (SSSR count). The Morgan fingerprint density at radius 3 is 0.953 bits per heavy atom. The fraction of sp³-hybridized carbons (Fsp3) is 0.816. The minimum absolute atomic E-state index is 0.0550. The first kappa shape index (κ1) is 83.5. The summed E-state index contributed by atoms with van der Waals surface area (Å²) in [7, 11) is -4.39. The molecule has 0 aromatic carbocycles. The Labute approximate surface area is 532 Å². The number of carbonyl (C=O) groups excluding carboxylic acids is 2. The van der Waals surface area contributed by atoms with Gasteiger partial charge in [-0.1, -0.05) is 363 Å². The molecule has 0 aromatic rings. The van der Waals surface area contributed by atoms with Crippen molar-refractivity contribution in [1.82, 2.24) is 0 Å². The molecule has 10 heteroatoms. The van der Waals surface area contributed by atoms with Crippen molar-refractivity contribution in [2.75, 3.05) is 26.4 Å². The molecule has 0 radical (unpaired) electrons. The van der Waals surface area contributed by atoms with Gasteiger partial charge in [-0.3, -0.25) is 18.6 Å². The number of nitrogens with two attached hydrogens (primary N) is 1. The molecule has 0 saturated carbocycles. The smallest absolute Gasteiger partial charge is 0.462 e. The van der Waals surface area contributed by atoms with Crippen molar-refractivity contribution in [3.63, 3.8) is 0 Å². The molecule has 2 atom stereocenters. The molecular formula is C76H140NO8P. The zero-order chi connectivity index (χ0) is 62.3. The number of ether oxygens (including phenoxy) is 2. The van der Waals surface area contributed by atoms with Gasteiger partial charge in [-0.05, 0) is 64.2 Å². The Bertz CT molecular complexity index is 1640. The highest BCUT2D eigenvalue weighted by Gasteiger charge is 2.26. The maximum atomic E-state index is 12.8. The summed E-state index contributed by atoms with van der Waals surface area (Å²) in [6.45, 7) is 3.70. The normalized spacial score (nSPS) is 13.3. The summed E-state index contributed by atoms with van der Waals surface area (Å²) in [6.07, 6.45) is 94.4. The Kier molecular flexibility index (Phi) is 69.4. The van der Waals surface area contributed by atoms with Gasteiger partial charge in [0.05, 0.1) is 13.2 Å². The van der Waals surface area contributed by atoms with E-state index in [1.165, 1.54) is 263 Å². The van der Waals surface area contributed by atoms with Gasteiger partial charge in [0.15, 0.2) is 6.10 Å². The molecular weight excluding hydrogens is 1090 g/mol. The van der Waals surface area contributed by atoms with Crippen molar-refractivity contribution < 1.29 is 37.6 Å². The molecule has 2 unspecified atom stereocenters. The summed E-state index contributed by atoms with van der Waals surface area (Å²) in [6, 6.07) is 0. The minimum atomic E-state index is -4.39. The zero-order valence-electron chi connectivity index (χ0n) is 56.6. The maximum absolute atomic E-state index is 12.8. The van der Waals surface area contributed by atoms with Crippen LogP contribution in [-0.2, 0) is 32.7 Å². The van der Waals surface area contributed by atoms with E-state index in [-0.39, 0.29) is 38.6 Å². The van der Waals surface area contributed by atoms with E-state index < -0.39 is 26.5 Å². The van der Waals surface area contributed by atoms with Crippen LogP contribution in [0.1, 0.15) is 367 Å². The predicted octanol–water partition coefficient (Wildman–Crippen LogP) is 24.4. The van der Waals surface area contributed by atoms with Crippen LogP contribution in [0.5, 0.6) is 0 Å².